The summed E-state index contributed by atoms with van der Waals surface area (Å²) >= 11 is 0. The second kappa shape index (κ2) is 10.5. The first kappa shape index (κ1) is 24.2. The summed E-state index contributed by atoms with van der Waals surface area (Å²) in [5, 5.41) is 4.71. The van der Waals surface area contributed by atoms with Gasteiger partial charge >= 0.3 is 0 Å². The Kier molecular flexibility index (Phi) is 7.68. The van der Waals surface area contributed by atoms with Crippen LogP contribution < -0.4 is 9.47 Å². The fourth-order valence-electron chi connectivity index (χ4n) is 3.52. The molecule has 2 aromatic carbocycles. The summed E-state index contributed by atoms with van der Waals surface area (Å²) in [5.41, 5.74) is 2.07. The number of aryl methyl sites for hydroxylation is 1. The van der Waals surface area contributed by atoms with Gasteiger partial charge in [-0.05, 0) is 56.7 Å². The molecule has 33 heavy (non-hydrogen) atoms. The van der Waals surface area contributed by atoms with Crippen LogP contribution in [0.4, 0.5) is 8.78 Å². The minimum atomic E-state index is -0.827. The highest BCUT2D eigenvalue weighted by Gasteiger charge is 2.26. The Bertz CT molecular complexity index is 1110. The maximum atomic E-state index is 14.5. The molecule has 0 spiro atoms. The summed E-state index contributed by atoms with van der Waals surface area (Å²) in [6, 6.07) is 10.3. The van der Waals surface area contributed by atoms with Gasteiger partial charge in [0.1, 0.15) is 11.6 Å². The lowest BCUT2D eigenvalue weighted by Gasteiger charge is -2.27. The number of benzene rings is 2. The molecule has 1 amide bonds. The van der Waals surface area contributed by atoms with Gasteiger partial charge in [0.05, 0.1) is 30.6 Å². The van der Waals surface area contributed by atoms with Crippen molar-refractivity contribution >= 4 is 5.91 Å². The molecular formula is C25H29F2N3O3. The SMILES string of the molecule is CCC(=O)N(Cc1c(CC)nn(-c2ccc(OC)cc2)c1Oc1ccc(F)cc1F)C(C)C. The van der Waals surface area contributed by atoms with Gasteiger partial charge in [0.2, 0.25) is 11.8 Å². The van der Waals surface area contributed by atoms with Crippen LogP contribution in [0.25, 0.3) is 5.69 Å². The minimum Gasteiger partial charge on any atom is -0.497 e. The molecule has 8 heteroatoms. The fraction of sp³-hybridized carbons (Fsp3) is 0.360. The van der Waals surface area contributed by atoms with Crippen molar-refractivity contribution in [1.82, 2.24) is 14.7 Å². The summed E-state index contributed by atoms with van der Waals surface area (Å²) in [5.74, 6) is -0.717. The molecule has 0 N–H and O–H groups in total. The van der Waals surface area contributed by atoms with E-state index in [1.54, 1.807) is 41.0 Å². The third kappa shape index (κ3) is 5.32. The zero-order valence-electron chi connectivity index (χ0n) is 19.6. The first-order chi connectivity index (χ1) is 15.8. The predicted octanol–water partition coefficient (Wildman–Crippen LogP) is 5.66. The Morgan fingerprint density at radius 2 is 1.82 bits per heavy atom. The molecule has 0 aliphatic rings. The van der Waals surface area contributed by atoms with Crippen molar-refractivity contribution in [2.24, 2.45) is 0 Å². The normalized spacial score (nSPS) is 11.0. The highest BCUT2D eigenvalue weighted by Crippen LogP contribution is 2.34. The topological polar surface area (TPSA) is 56.6 Å². The average molecular weight is 458 g/mol. The van der Waals surface area contributed by atoms with E-state index in [0.717, 1.165) is 17.8 Å². The Hall–Kier alpha value is -3.42. The molecule has 0 unspecified atom stereocenters. The average Bonchev–Trinajstić information content (AvgIpc) is 3.15. The van der Waals surface area contributed by atoms with E-state index in [9.17, 15) is 13.6 Å². The maximum Gasteiger partial charge on any atom is 0.228 e. The van der Waals surface area contributed by atoms with Crippen molar-refractivity contribution in [3.8, 4) is 23.1 Å². The summed E-state index contributed by atoms with van der Waals surface area (Å²) in [6.07, 6.45) is 0.933. The standard InChI is InChI=1S/C25H29F2N3O3/c1-6-22-20(15-29(16(3)4)24(31)7-2)25(33-23-13-8-17(26)14-21(23)27)30(28-22)18-9-11-19(32-5)12-10-18/h8-14,16H,6-7,15H2,1-5H3. The quantitative estimate of drug-likeness (QED) is 0.416. The molecule has 0 radical (unpaired) electrons. The molecule has 0 saturated carbocycles. The van der Waals surface area contributed by atoms with Crippen molar-refractivity contribution in [2.45, 2.75) is 53.1 Å². The van der Waals surface area contributed by atoms with Gasteiger partial charge in [-0.1, -0.05) is 13.8 Å². The van der Waals surface area contributed by atoms with Gasteiger partial charge < -0.3 is 14.4 Å². The van der Waals surface area contributed by atoms with E-state index in [1.807, 2.05) is 27.7 Å². The number of carbonyl (C=O) groups excluding carboxylic acids is 1. The van der Waals surface area contributed by atoms with Crippen LogP contribution in [0.5, 0.6) is 17.4 Å². The van der Waals surface area contributed by atoms with Crippen LogP contribution in [0.15, 0.2) is 42.5 Å². The number of ether oxygens (including phenoxy) is 2. The molecule has 0 fully saturated rings. The lowest BCUT2D eigenvalue weighted by Crippen LogP contribution is -2.36. The van der Waals surface area contributed by atoms with E-state index in [4.69, 9.17) is 14.6 Å². The van der Waals surface area contributed by atoms with Crippen LogP contribution in [-0.2, 0) is 17.8 Å². The maximum absolute atomic E-state index is 14.5. The molecule has 3 aromatic rings. The molecule has 3 rings (SSSR count). The van der Waals surface area contributed by atoms with Crippen molar-refractivity contribution < 1.29 is 23.0 Å². The predicted molar refractivity (Wildman–Crippen MR) is 122 cm³/mol. The number of halogens is 2. The van der Waals surface area contributed by atoms with E-state index in [1.165, 1.54) is 6.07 Å². The monoisotopic (exact) mass is 457 g/mol. The van der Waals surface area contributed by atoms with E-state index in [-0.39, 0.29) is 30.1 Å². The number of carbonyl (C=O) groups is 1. The first-order valence-corrected chi connectivity index (χ1v) is 11.0. The van der Waals surface area contributed by atoms with Crippen LogP contribution in [0.1, 0.15) is 45.4 Å². The lowest BCUT2D eigenvalue weighted by atomic mass is 10.1. The van der Waals surface area contributed by atoms with E-state index in [2.05, 4.69) is 0 Å². The molecule has 0 bridgehead atoms. The molecule has 176 valence electrons. The molecule has 0 atom stereocenters. The zero-order valence-corrected chi connectivity index (χ0v) is 19.6. The Balaban J connectivity index is 2.17. The zero-order chi connectivity index (χ0) is 24.1. The molecule has 6 nitrogen and oxygen atoms in total. The number of aromatic nitrogens is 2. The van der Waals surface area contributed by atoms with Gasteiger partial charge in [0.25, 0.3) is 0 Å². The summed E-state index contributed by atoms with van der Waals surface area (Å²) in [7, 11) is 1.58. The van der Waals surface area contributed by atoms with Crippen LogP contribution in [0.2, 0.25) is 0 Å². The molecule has 1 heterocycles. The fourth-order valence-corrected chi connectivity index (χ4v) is 3.52. The Morgan fingerprint density at radius 1 is 1.12 bits per heavy atom. The van der Waals surface area contributed by atoms with Crippen molar-refractivity contribution in [1.29, 1.82) is 0 Å². The van der Waals surface area contributed by atoms with Crippen molar-refractivity contribution in [2.75, 3.05) is 7.11 Å². The number of hydrogen-bond acceptors (Lipinski definition) is 4. The highest BCUT2D eigenvalue weighted by molar-refractivity contribution is 5.76. The van der Waals surface area contributed by atoms with Gasteiger partial charge in [0, 0.05) is 18.5 Å². The number of hydrogen-bond donors (Lipinski definition) is 0. The summed E-state index contributed by atoms with van der Waals surface area (Å²) in [6.45, 7) is 7.89. The van der Waals surface area contributed by atoms with Gasteiger partial charge in [-0.3, -0.25) is 4.79 Å². The lowest BCUT2D eigenvalue weighted by molar-refractivity contribution is -0.133. The third-order valence-electron chi connectivity index (χ3n) is 5.35. The Morgan fingerprint density at radius 3 is 2.36 bits per heavy atom. The molecular weight excluding hydrogens is 428 g/mol. The van der Waals surface area contributed by atoms with Gasteiger partial charge in [-0.2, -0.15) is 5.10 Å². The van der Waals surface area contributed by atoms with Crippen LogP contribution in [-0.4, -0.2) is 33.7 Å². The van der Waals surface area contributed by atoms with Crippen molar-refractivity contribution in [3.05, 3.63) is 65.4 Å². The molecule has 0 aliphatic heterocycles. The van der Waals surface area contributed by atoms with Gasteiger partial charge in [0.15, 0.2) is 11.6 Å². The molecule has 0 saturated heterocycles. The second-order valence-electron chi connectivity index (χ2n) is 7.84. The third-order valence-corrected chi connectivity index (χ3v) is 5.35. The molecule has 0 aliphatic carbocycles. The summed E-state index contributed by atoms with van der Waals surface area (Å²) < 4.78 is 40.8. The largest absolute Gasteiger partial charge is 0.497 e. The number of rotatable bonds is 9. The highest BCUT2D eigenvalue weighted by atomic mass is 19.1. The smallest absolute Gasteiger partial charge is 0.228 e. The number of nitrogens with zero attached hydrogens (tertiary/aromatic N) is 3. The van der Waals surface area contributed by atoms with E-state index in [0.29, 0.717) is 29.8 Å². The molecule has 1 aromatic heterocycles. The van der Waals surface area contributed by atoms with Crippen LogP contribution in [0, 0.1) is 11.6 Å². The van der Waals surface area contributed by atoms with Gasteiger partial charge in [-0.15, -0.1) is 0 Å². The van der Waals surface area contributed by atoms with Crippen LogP contribution >= 0.6 is 0 Å². The van der Waals surface area contributed by atoms with Crippen LogP contribution in [0.3, 0.4) is 0 Å². The number of amides is 1. The van der Waals surface area contributed by atoms with Crippen molar-refractivity contribution in [3.63, 3.8) is 0 Å². The van der Waals surface area contributed by atoms with E-state index < -0.39 is 11.6 Å². The van der Waals surface area contributed by atoms with Gasteiger partial charge in [-0.25, -0.2) is 13.5 Å². The second-order valence-corrected chi connectivity index (χ2v) is 7.84. The Labute approximate surface area is 192 Å². The number of methoxy groups -OCH3 is 1. The van der Waals surface area contributed by atoms with E-state index >= 15 is 0 Å². The minimum absolute atomic E-state index is 0.0110. The summed E-state index contributed by atoms with van der Waals surface area (Å²) in [4.78, 5) is 14.3. The first-order valence-electron chi connectivity index (χ1n) is 11.0.